The monoisotopic (exact) mass is 295 g/mol. The van der Waals surface area contributed by atoms with Gasteiger partial charge in [0.2, 0.25) is 0 Å². The Morgan fingerprint density at radius 1 is 1.23 bits per heavy atom. The molecule has 0 radical (unpaired) electrons. The summed E-state index contributed by atoms with van der Waals surface area (Å²) >= 11 is 0. The molecule has 2 aromatic carbocycles. The molecule has 3 aromatic rings. The number of hydrogen-bond acceptors (Lipinski definition) is 2. The summed E-state index contributed by atoms with van der Waals surface area (Å²) in [6.07, 6.45) is 3.25. The van der Waals surface area contributed by atoms with E-state index in [0.717, 1.165) is 35.1 Å². The van der Waals surface area contributed by atoms with Gasteiger partial charge < -0.3 is 9.88 Å². The molecule has 1 aliphatic rings. The number of halogens is 1. The lowest BCUT2D eigenvalue weighted by atomic mass is 10.0. The molecule has 2 heterocycles. The fourth-order valence-electron chi connectivity index (χ4n) is 3.00. The van der Waals surface area contributed by atoms with Crippen molar-refractivity contribution in [3.05, 3.63) is 59.7 Å². The first-order valence-electron chi connectivity index (χ1n) is 7.26. The topological polar surface area (TPSA) is 49.0 Å². The van der Waals surface area contributed by atoms with Crippen LogP contribution in [-0.4, -0.2) is 22.4 Å². The Morgan fingerprint density at radius 3 is 3.05 bits per heavy atom. The summed E-state index contributed by atoms with van der Waals surface area (Å²) in [5, 5.41) is 0. The van der Waals surface area contributed by atoms with E-state index in [2.05, 4.69) is 9.97 Å². The van der Waals surface area contributed by atoms with Crippen molar-refractivity contribution in [2.24, 2.45) is 0 Å². The maximum atomic E-state index is 13.4. The molecule has 1 aromatic heterocycles. The molecule has 0 unspecified atom stereocenters. The summed E-state index contributed by atoms with van der Waals surface area (Å²) in [5.41, 5.74) is 3.97. The highest BCUT2D eigenvalue weighted by molar-refractivity contribution is 6.08. The minimum atomic E-state index is -0.257. The minimum Gasteiger partial charge on any atom is -0.345 e. The van der Waals surface area contributed by atoms with E-state index in [9.17, 15) is 9.18 Å². The van der Waals surface area contributed by atoms with Gasteiger partial charge in [0, 0.05) is 17.8 Å². The van der Waals surface area contributed by atoms with Gasteiger partial charge in [0.15, 0.2) is 0 Å². The van der Waals surface area contributed by atoms with Crippen LogP contribution in [0.15, 0.2) is 42.7 Å². The number of fused-ring (bicyclic) bond motifs is 2. The predicted molar refractivity (Wildman–Crippen MR) is 82.5 cm³/mol. The van der Waals surface area contributed by atoms with Gasteiger partial charge in [-0.2, -0.15) is 0 Å². The van der Waals surface area contributed by atoms with Crippen molar-refractivity contribution < 1.29 is 9.18 Å². The second-order valence-corrected chi connectivity index (χ2v) is 5.47. The van der Waals surface area contributed by atoms with Gasteiger partial charge in [0.1, 0.15) is 5.82 Å². The second-order valence-electron chi connectivity index (χ2n) is 5.47. The van der Waals surface area contributed by atoms with Crippen LogP contribution in [0.3, 0.4) is 0 Å². The van der Waals surface area contributed by atoms with Crippen LogP contribution < -0.4 is 4.90 Å². The number of nitrogens with one attached hydrogen (secondary N) is 1. The fraction of sp³-hybridized carbons (Fsp3) is 0.176. The number of carbonyl (C=O) groups is 1. The van der Waals surface area contributed by atoms with Gasteiger partial charge in [0.25, 0.3) is 5.91 Å². The number of carbonyl (C=O) groups excluding carboxylic acids is 1. The summed E-state index contributed by atoms with van der Waals surface area (Å²) in [6.45, 7) is 0.651. The van der Waals surface area contributed by atoms with Crippen LogP contribution in [0.4, 0.5) is 10.1 Å². The number of amides is 1. The van der Waals surface area contributed by atoms with Crippen LogP contribution in [0.2, 0.25) is 0 Å². The number of anilines is 1. The average molecular weight is 295 g/mol. The van der Waals surface area contributed by atoms with Gasteiger partial charge in [-0.25, -0.2) is 9.37 Å². The van der Waals surface area contributed by atoms with Gasteiger partial charge in [-0.1, -0.05) is 0 Å². The maximum Gasteiger partial charge on any atom is 0.258 e. The summed E-state index contributed by atoms with van der Waals surface area (Å²) in [6, 6.07) is 10.0. The Balaban J connectivity index is 1.74. The first-order valence-corrected chi connectivity index (χ1v) is 7.26. The molecule has 1 aliphatic heterocycles. The zero-order valence-electron chi connectivity index (χ0n) is 11.8. The lowest BCUT2D eigenvalue weighted by Gasteiger charge is -2.29. The largest absolute Gasteiger partial charge is 0.345 e. The van der Waals surface area contributed by atoms with E-state index in [4.69, 9.17) is 0 Å². The molecule has 0 fully saturated rings. The number of aryl methyl sites for hydroxylation is 1. The fourth-order valence-corrected chi connectivity index (χ4v) is 3.00. The highest BCUT2D eigenvalue weighted by Gasteiger charge is 2.24. The summed E-state index contributed by atoms with van der Waals surface area (Å²) < 4.78 is 13.4. The Bertz CT molecular complexity index is 871. The van der Waals surface area contributed by atoms with Crippen LogP contribution >= 0.6 is 0 Å². The van der Waals surface area contributed by atoms with Gasteiger partial charge in [-0.3, -0.25) is 4.79 Å². The van der Waals surface area contributed by atoms with Gasteiger partial charge in [-0.05, 0) is 54.8 Å². The average Bonchev–Trinajstić information content (AvgIpc) is 3.00. The number of hydrogen-bond donors (Lipinski definition) is 1. The van der Waals surface area contributed by atoms with Crippen molar-refractivity contribution >= 4 is 22.6 Å². The van der Waals surface area contributed by atoms with E-state index >= 15 is 0 Å². The SMILES string of the molecule is O=C(c1ccc2nc[nH]c2c1)N1CCCc2cc(F)ccc21. The molecule has 0 saturated carbocycles. The second kappa shape index (κ2) is 4.94. The Kier molecular flexibility index (Phi) is 2.92. The van der Waals surface area contributed by atoms with E-state index in [0.29, 0.717) is 12.1 Å². The molecule has 5 heteroatoms. The van der Waals surface area contributed by atoms with Crippen LogP contribution in [0.25, 0.3) is 11.0 Å². The summed E-state index contributed by atoms with van der Waals surface area (Å²) in [5.74, 6) is -0.323. The molecule has 0 spiro atoms. The molecule has 22 heavy (non-hydrogen) atoms. The van der Waals surface area contributed by atoms with Crippen molar-refractivity contribution in [2.45, 2.75) is 12.8 Å². The lowest BCUT2D eigenvalue weighted by molar-refractivity contribution is 0.0985. The van der Waals surface area contributed by atoms with Crippen LogP contribution in [-0.2, 0) is 6.42 Å². The zero-order chi connectivity index (χ0) is 15.1. The molecule has 0 bridgehead atoms. The van der Waals surface area contributed by atoms with Gasteiger partial charge in [0.05, 0.1) is 17.4 Å². The lowest BCUT2D eigenvalue weighted by Crippen LogP contribution is -2.35. The number of rotatable bonds is 1. The highest BCUT2D eigenvalue weighted by Crippen LogP contribution is 2.29. The molecule has 110 valence electrons. The normalized spacial score (nSPS) is 14.1. The summed E-state index contributed by atoms with van der Waals surface area (Å²) in [7, 11) is 0. The highest BCUT2D eigenvalue weighted by atomic mass is 19.1. The molecular weight excluding hydrogens is 281 g/mol. The maximum absolute atomic E-state index is 13.4. The Morgan fingerprint density at radius 2 is 2.14 bits per heavy atom. The van der Waals surface area contributed by atoms with E-state index < -0.39 is 0 Å². The van der Waals surface area contributed by atoms with Crippen molar-refractivity contribution in [3.8, 4) is 0 Å². The van der Waals surface area contributed by atoms with Gasteiger partial charge in [-0.15, -0.1) is 0 Å². The van der Waals surface area contributed by atoms with Crippen LogP contribution in [0, 0.1) is 5.82 Å². The Labute approximate surface area is 126 Å². The molecule has 0 atom stereocenters. The number of nitrogens with zero attached hydrogens (tertiary/aromatic N) is 2. The molecule has 1 amide bonds. The molecule has 0 saturated heterocycles. The number of aromatic amines is 1. The van der Waals surface area contributed by atoms with Crippen LogP contribution in [0.5, 0.6) is 0 Å². The number of aromatic nitrogens is 2. The predicted octanol–water partition coefficient (Wildman–Crippen LogP) is 3.30. The van der Waals surface area contributed by atoms with Gasteiger partial charge >= 0.3 is 0 Å². The third-order valence-corrected chi connectivity index (χ3v) is 4.07. The van der Waals surface area contributed by atoms with Crippen LogP contribution in [0.1, 0.15) is 22.3 Å². The summed E-state index contributed by atoms with van der Waals surface area (Å²) in [4.78, 5) is 21.7. The molecular formula is C17H14FN3O. The van der Waals surface area contributed by atoms with E-state index in [1.807, 2.05) is 12.1 Å². The van der Waals surface area contributed by atoms with E-state index in [1.54, 1.807) is 23.4 Å². The minimum absolute atomic E-state index is 0.0657. The van der Waals surface area contributed by atoms with E-state index in [1.165, 1.54) is 12.1 Å². The first-order chi connectivity index (χ1) is 10.7. The van der Waals surface area contributed by atoms with Crippen molar-refractivity contribution in [1.29, 1.82) is 0 Å². The third kappa shape index (κ3) is 2.06. The quantitative estimate of drug-likeness (QED) is 0.749. The Hall–Kier alpha value is -2.69. The molecule has 4 nitrogen and oxygen atoms in total. The standard InChI is InChI=1S/C17H14FN3O/c18-13-4-6-16-11(8-13)2-1-7-21(16)17(22)12-3-5-14-15(9-12)20-10-19-14/h3-6,8-10H,1-2,7H2,(H,19,20). The number of benzene rings is 2. The van der Waals surface area contributed by atoms with Crippen molar-refractivity contribution in [1.82, 2.24) is 9.97 Å². The zero-order valence-corrected chi connectivity index (χ0v) is 11.8. The molecule has 1 N–H and O–H groups in total. The van der Waals surface area contributed by atoms with Crippen molar-refractivity contribution in [2.75, 3.05) is 11.4 Å². The van der Waals surface area contributed by atoms with E-state index in [-0.39, 0.29) is 11.7 Å². The third-order valence-electron chi connectivity index (χ3n) is 4.07. The smallest absolute Gasteiger partial charge is 0.258 e. The number of H-pyrrole nitrogens is 1. The number of imidazole rings is 1. The molecule has 0 aliphatic carbocycles. The first kappa shape index (κ1) is 13.0. The molecule has 4 rings (SSSR count). The van der Waals surface area contributed by atoms with Crippen molar-refractivity contribution in [3.63, 3.8) is 0 Å².